The zero-order chi connectivity index (χ0) is 15.5. The number of hydrogen-bond donors (Lipinski definition) is 2. The van der Waals surface area contributed by atoms with E-state index >= 15 is 0 Å². The molecule has 0 amide bonds. The minimum atomic E-state index is -0.0777. The van der Waals surface area contributed by atoms with Gasteiger partial charge in [-0.3, -0.25) is 4.90 Å². The Hall–Kier alpha value is -0.120. The van der Waals surface area contributed by atoms with Crippen LogP contribution in [0.2, 0.25) is 0 Å². The Morgan fingerprint density at radius 3 is 2.14 bits per heavy atom. The first-order valence-corrected chi connectivity index (χ1v) is 9.09. The molecule has 2 N–H and O–H groups in total. The van der Waals surface area contributed by atoms with Crippen LogP contribution in [0.25, 0.3) is 0 Å². The summed E-state index contributed by atoms with van der Waals surface area (Å²) in [7, 11) is 0. The molecule has 124 valence electrons. The molecule has 0 radical (unpaired) electrons. The molecule has 2 aliphatic rings. The van der Waals surface area contributed by atoms with Gasteiger partial charge < -0.3 is 10.4 Å². The molecule has 0 aromatic carbocycles. The van der Waals surface area contributed by atoms with Gasteiger partial charge in [-0.15, -0.1) is 0 Å². The highest BCUT2D eigenvalue weighted by Gasteiger charge is 2.46. The van der Waals surface area contributed by atoms with Crippen molar-refractivity contribution in [1.29, 1.82) is 0 Å². The van der Waals surface area contributed by atoms with Crippen LogP contribution in [0.3, 0.4) is 0 Å². The van der Waals surface area contributed by atoms with E-state index in [-0.39, 0.29) is 12.1 Å². The second kappa shape index (κ2) is 7.43. The van der Waals surface area contributed by atoms with Gasteiger partial charge in [0, 0.05) is 25.2 Å². The number of nitrogens with zero attached hydrogens (tertiary/aromatic N) is 1. The van der Waals surface area contributed by atoms with E-state index in [1.54, 1.807) is 0 Å². The lowest BCUT2D eigenvalue weighted by molar-refractivity contribution is 0.0586. The summed E-state index contributed by atoms with van der Waals surface area (Å²) in [6.45, 7) is 11.5. The zero-order valence-corrected chi connectivity index (χ0v) is 14.6. The van der Waals surface area contributed by atoms with Crippen molar-refractivity contribution in [3.8, 4) is 0 Å². The molecule has 3 nitrogen and oxygen atoms in total. The molecule has 0 heterocycles. The summed E-state index contributed by atoms with van der Waals surface area (Å²) in [6, 6.07) is 1.17. The maximum Gasteiger partial charge on any atom is 0.0628 e. The first-order chi connectivity index (χ1) is 9.97. The largest absolute Gasteiger partial charge is 0.394 e. The van der Waals surface area contributed by atoms with E-state index in [0.717, 1.165) is 12.6 Å². The third kappa shape index (κ3) is 4.67. The molecule has 0 aromatic heterocycles. The van der Waals surface area contributed by atoms with Gasteiger partial charge in [-0.25, -0.2) is 0 Å². The lowest BCUT2D eigenvalue weighted by Crippen LogP contribution is -2.61. The number of aliphatic hydroxyl groups excluding tert-OH is 1. The molecular formula is C18H36N2O. The summed E-state index contributed by atoms with van der Waals surface area (Å²) in [5.74, 6) is 1.36. The molecule has 0 spiro atoms. The number of hydrogen-bond acceptors (Lipinski definition) is 3. The van der Waals surface area contributed by atoms with Gasteiger partial charge in [-0.2, -0.15) is 0 Å². The van der Waals surface area contributed by atoms with Gasteiger partial charge in [0.1, 0.15) is 0 Å². The number of nitrogens with one attached hydrogen (secondary N) is 1. The molecule has 2 fully saturated rings. The van der Waals surface area contributed by atoms with Gasteiger partial charge in [-0.1, -0.05) is 40.5 Å². The van der Waals surface area contributed by atoms with E-state index in [1.165, 1.54) is 45.1 Å². The monoisotopic (exact) mass is 296 g/mol. The van der Waals surface area contributed by atoms with Crippen LogP contribution in [0.15, 0.2) is 0 Å². The van der Waals surface area contributed by atoms with Crippen LogP contribution in [0.4, 0.5) is 0 Å². The van der Waals surface area contributed by atoms with Crippen molar-refractivity contribution >= 4 is 0 Å². The zero-order valence-electron chi connectivity index (χ0n) is 14.6. The Labute approximate surface area is 131 Å². The molecule has 2 rings (SSSR count). The predicted molar refractivity (Wildman–Crippen MR) is 89.5 cm³/mol. The molecule has 21 heavy (non-hydrogen) atoms. The van der Waals surface area contributed by atoms with Crippen molar-refractivity contribution in [1.82, 2.24) is 10.2 Å². The van der Waals surface area contributed by atoms with Crippen molar-refractivity contribution in [2.45, 2.75) is 83.8 Å². The molecule has 0 aliphatic heterocycles. The van der Waals surface area contributed by atoms with Gasteiger partial charge in [0.15, 0.2) is 0 Å². The van der Waals surface area contributed by atoms with Crippen LogP contribution in [-0.4, -0.2) is 47.3 Å². The van der Waals surface area contributed by atoms with E-state index in [0.29, 0.717) is 17.9 Å². The number of aliphatic hydroxyl groups is 1. The lowest BCUT2D eigenvalue weighted by atomic mass is 9.91. The SMILES string of the molecule is CC(C)CN(CC(CO)(NC(C)C)C1CC1)C1CCCC1. The Bertz CT molecular complexity index is 308. The normalized spacial score (nSPS) is 23.4. The van der Waals surface area contributed by atoms with Crippen molar-refractivity contribution in [2.24, 2.45) is 11.8 Å². The predicted octanol–water partition coefficient (Wildman–Crippen LogP) is 3.03. The third-order valence-electron chi connectivity index (χ3n) is 5.14. The molecule has 1 unspecified atom stereocenters. The van der Waals surface area contributed by atoms with Crippen molar-refractivity contribution in [3.05, 3.63) is 0 Å². The van der Waals surface area contributed by atoms with Crippen LogP contribution >= 0.6 is 0 Å². The third-order valence-corrected chi connectivity index (χ3v) is 5.14. The van der Waals surface area contributed by atoms with Crippen LogP contribution in [0.1, 0.15) is 66.2 Å². The fourth-order valence-electron chi connectivity index (χ4n) is 4.17. The minimum Gasteiger partial charge on any atom is -0.394 e. The average Bonchev–Trinajstić information content (AvgIpc) is 3.12. The first kappa shape index (κ1) is 17.2. The Morgan fingerprint density at radius 2 is 1.71 bits per heavy atom. The summed E-state index contributed by atoms with van der Waals surface area (Å²) in [6.07, 6.45) is 8.01. The maximum absolute atomic E-state index is 10.2. The van der Waals surface area contributed by atoms with Gasteiger partial charge in [-0.05, 0) is 37.5 Å². The van der Waals surface area contributed by atoms with Crippen molar-refractivity contribution in [3.63, 3.8) is 0 Å². The van der Waals surface area contributed by atoms with E-state index < -0.39 is 0 Å². The average molecular weight is 296 g/mol. The minimum absolute atomic E-state index is 0.0777. The van der Waals surface area contributed by atoms with Crippen molar-refractivity contribution < 1.29 is 5.11 Å². The molecule has 0 bridgehead atoms. The molecule has 0 aromatic rings. The van der Waals surface area contributed by atoms with E-state index in [9.17, 15) is 5.11 Å². The summed E-state index contributed by atoms with van der Waals surface area (Å²) >= 11 is 0. The highest BCUT2D eigenvalue weighted by molar-refractivity contribution is 5.04. The van der Waals surface area contributed by atoms with E-state index in [1.807, 2.05) is 0 Å². The smallest absolute Gasteiger partial charge is 0.0628 e. The topological polar surface area (TPSA) is 35.5 Å². The second-order valence-corrected chi connectivity index (χ2v) is 8.15. The standard InChI is InChI=1S/C18H36N2O/c1-14(2)11-20(17-7-5-6-8-17)12-18(13-21,16-9-10-16)19-15(3)4/h14-17,19,21H,5-13H2,1-4H3. The summed E-state index contributed by atoms with van der Waals surface area (Å²) in [4.78, 5) is 2.70. The lowest BCUT2D eigenvalue weighted by Gasteiger charge is -2.42. The molecule has 2 saturated carbocycles. The Kier molecular flexibility index (Phi) is 6.10. The summed E-state index contributed by atoms with van der Waals surface area (Å²) in [5, 5.41) is 13.9. The Balaban J connectivity index is 2.09. The van der Waals surface area contributed by atoms with Gasteiger partial charge in [0.25, 0.3) is 0 Å². The van der Waals surface area contributed by atoms with Crippen LogP contribution in [0, 0.1) is 11.8 Å². The molecular weight excluding hydrogens is 260 g/mol. The quantitative estimate of drug-likeness (QED) is 0.686. The molecule has 3 heteroatoms. The second-order valence-electron chi connectivity index (χ2n) is 8.15. The van der Waals surface area contributed by atoms with E-state index in [2.05, 4.69) is 37.9 Å². The highest BCUT2D eigenvalue weighted by Crippen LogP contribution is 2.41. The fraction of sp³-hybridized carbons (Fsp3) is 1.00. The Morgan fingerprint density at radius 1 is 1.10 bits per heavy atom. The van der Waals surface area contributed by atoms with Gasteiger partial charge >= 0.3 is 0 Å². The van der Waals surface area contributed by atoms with Crippen molar-refractivity contribution in [2.75, 3.05) is 19.7 Å². The summed E-state index contributed by atoms with van der Waals surface area (Å²) in [5.41, 5.74) is -0.0777. The fourth-order valence-corrected chi connectivity index (χ4v) is 4.17. The highest BCUT2D eigenvalue weighted by atomic mass is 16.3. The summed E-state index contributed by atoms with van der Waals surface area (Å²) < 4.78 is 0. The van der Waals surface area contributed by atoms with E-state index in [4.69, 9.17) is 0 Å². The number of rotatable bonds is 9. The van der Waals surface area contributed by atoms with Gasteiger partial charge in [0.2, 0.25) is 0 Å². The molecule has 2 aliphatic carbocycles. The molecule has 0 saturated heterocycles. The first-order valence-electron chi connectivity index (χ1n) is 9.09. The van der Waals surface area contributed by atoms with Gasteiger partial charge in [0.05, 0.1) is 12.1 Å². The van der Waals surface area contributed by atoms with Crippen LogP contribution in [0.5, 0.6) is 0 Å². The van der Waals surface area contributed by atoms with Crippen LogP contribution < -0.4 is 5.32 Å². The maximum atomic E-state index is 10.2. The van der Waals surface area contributed by atoms with Crippen LogP contribution in [-0.2, 0) is 0 Å². The molecule has 1 atom stereocenters.